The molecule has 0 bridgehead atoms. The number of carbonyl (C=O) groups is 2. The highest BCUT2D eigenvalue weighted by Gasteiger charge is 2.10. The third kappa shape index (κ3) is 4.72. The van der Waals surface area contributed by atoms with E-state index in [2.05, 4.69) is 11.4 Å². The molecule has 21 heavy (non-hydrogen) atoms. The van der Waals surface area contributed by atoms with Crippen molar-refractivity contribution in [3.8, 4) is 0 Å². The van der Waals surface area contributed by atoms with E-state index in [-0.39, 0.29) is 23.9 Å². The summed E-state index contributed by atoms with van der Waals surface area (Å²) in [4.78, 5) is 23.9. The Morgan fingerprint density at radius 3 is 2.52 bits per heavy atom. The lowest BCUT2D eigenvalue weighted by Gasteiger charge is -2.13. The van der Waals surface area contributed by atoms with Crippen LogP contribution in [-0.4, -0.2) is 23.0 Å². The zero-order valence-electron chi connectivity index (χ0n) is 11.7. The molecule has 5 heteroatoms. The van der Waals surface area contributed by atoms with E-state index < -0.39 is 5.97 Å². The number of carbonyl (C=O) groups excluding carboxylic acids is 1. The maximum atomic E-state index is 11.9. The van der Waals surface area contributed by atoms with Crippen LogP contribution in [0.1, 0.15) is 27.7 Å². The minimum absolute atomic E-state index is 0.0536. The van der Waals surface area contributed by atoms with Crippen LogP contribution in [0.4, 0.5) is 0 Å². The number of aromatic carboxylic acids is 1. The monoisotopic (exact) mass is 303 g/mol. The molecule has 1 amide bonds. The van der Waals surface area contributed by atoms with Crippen molar-refractivity contribution in [2.45, 2.75) is 25.8 Å². The van der Waals surface area contributed by atoms with Gasteiger partial charge in [-0.1, -0.05) is 18.2 Å². The SMILES string of the molecule is CC(Cc1cccs1)NC(=O)Cc1ccc(C(=O)O)cc1. The number of hydrogen-bond donors (Lipinski definition) is 2. The van der Waals surface area contributed by atoms with Gasteiger partial charge in [0, 0.05) is 17.3 Å². The summed E-state index contributed by atoms with van der Waals surface area (Å²) in [6.07, 6.45) is 1.08. The van der Waals surface area contributed by atoms with Crippen LogP contribution in [0.15, 0.2) is 41.8 Å². The second kappa shape index (κ2) is 7.04. The Bertz CT molecular complexity index is 605. The van der Waals surface area contributed by atoms with Crippen molar-refractivity contribution in [1.82, 2.24) is 5.32 Å². The lowest BCUT2D eigenvalue weighted by molar-refractivity contribution is -0.121. The van der Waals surface area contributed by atoms with Crippen LogP contribution in [0.2, 0.25) is 0 Å². The highest BCUT2D eigenvalue weighted by Crippen LogP contribution is 2.11. The van der Waals surface area contributed by atoms with Gasteiger partial charge in [-0.15, -0.1) is 11.3 Å². The van der Waals surface area contributed by atoms with Crippen LogP contribution in [0.5, 0.6) is 0 Å². The van der Waals surface area contributed by atoms with Crippen LogP contribution < -0.4 is 5.32 Å². The van der Waals surface area contributed by atoms with E-state index >= 15 is 0 Å². The maximum Gasteiger partial charge on any atom is 0.335 e. The normalized spacial score (nSPS) is 11.9. The molecular formula is C16H17NO3S. The van der Waals surface area contributed by atoms with Crippen molar-refractivity contribution in [1.29, 1.82) is 0 Å². The van der Waals surface area contributed by atoms with Crippen molar-refractivity contribution < 1.29 is 14.7 Å². The predicted molar refractivity (Wildman–Crippen MR) is 82.7 cm³/mol. The number of amides is 1. The molecule has 0 spiro atoms. The van der Waals surface area contributed by atoms with Gasteiger partial charge in [-0.3, -0.25) is 4.79 Å². The van der Waals surface area contributed by atoms with Gasteiger partial charge in [0.1, 0.15) is 0 Å². The molecule has 1 aromatic carbocycles. The molecule has 1 heterocycles. The van der Waals surface area contributed by atoms with Gasteiger partial charge in [0.15, 0.2) is 0 Å². The minimum atomic E-state index is -0.962. The van der Waals surface area contributed by atoms with Gasteiger partial charge < -0.3 is 10.4 Å². The van der Waals surface area contributed by atoms with Gasteiger partial charge in [-0.25, -0.2) is 4.79 Å². The first-order chi connectivity index (χ1) is 10.0. The van der Waals surface area contributed by atoms with E-state index in [0.717, 1.165) is 12.0 Å². The van der Waals surface area contributed by atoms with Crippen molar-refractivity contribution in [2.24, 2.45) is 0 Å². The van der Waals surface area contributed by atoms with Crippen molar-refractivity contribution in [2.75, 3.05) is 0 Å². The number of thiophene rings is 1. The lowest BCUT2D eigenvalue weighted by Crippen LogP contribution is -2.34. The molecule has 0 saturated heterocycles. The zero-order chi connectivity index (χ0) is 15.2. The molecular weight excluding hydrogens is 286 g/mol. The Hall–Kier alpha value is -2.14. The van der Waals surface area contributed by atoms with Crippen molar-refractivity contribution in [3.05, 3.63) is 57.8 Å². The molecule has 0 fully saturated rings. The Balaban J connectivity index is 1.84. The van der Waals surface area contributed by atoms with Crippen LogP contribution in [0.25, 0.3) is 0 Å². The third-order valence-electron chi connectivity index (χ3n) is 3.06. The van der Waals surface area contributed by atoms with Gasteiger partial charge in [0.2, 0.25) is 5.91 Å². The Morgan fingerprint density at radius 2 is 1.95 bits per heavy atom. The van der Waals surface area contributed by atoms with Crippen molar-refractivity contribution in [3.63, 3.8) is 0 Å². The summed E-state index contributed by atoms with van der Waals surface area (Å²) < 4.78 is 0. The molecule has 2 rings (SSSR count). The summed E-state index contributed by atoms with van der Waals surface area (Å²) >= 11 is 1.68. The highest BCUT2D eigenvalue weighted by molar-refractivity contribution is 7.09. The number of rotatable bonds is 6. The Labute approximate surface area is 127 Å². The number of nitrogens with one attached hydrogen (secondary N) is 1. The number of carboxylic acids is 1. The van der Waals surface area contributed by atoms with E-state index in [9.17, 15) is 9.59 Å². The van der Waals surface area contributed by atoms with Gasteiger partial charge in [-0.05, 0) is 36.1 Å². The van der Waals surface area contributed by atoms with Gasteiger partial charge in [-0.2, -0.15) is 0 Å². The second-order valence-corrected chi connectivity index (χ2v) is 5.96. The van der Waals surface area contributed by atoms with Crippen LogP contribution >= 0.6 is 11.3 Å². The first-order valence-corrected chi connectivity index (χ1v) is 7.56. The van der Waals surface area contributed by atoms with Crippen molar-refractivity contribution >= 4 is 23.2 Å². The van der Waals surface area contributed by atoms with Gasteiger partial charge >= 0.3 is 5.97 Å². The lowest BCUT2D eigenvalue weighted by atomic mass is 10.1. The standard InChI is InChI=1S/C16H17NO3S/c1-11(9-14-3-2-8-21-14)17-15(18)10-12-4-6-13(7-5-12)16(19)20/h2-8,11H,9-10H2,1H3,(H,17,18)(H,19,20). The van der Waals surface area contributed by atoms with E-state index in [1.165, 1.54) is 17.0 Å². The quantitative estimate of drug-likeness (QED) is 0.862. The number of hydrogen-bond acceptors (Lipinski definition) is 3. The summed E-state index contributed by atoms with van der Waals surface area (Å²) in [5.41, 5.74) is 1.03. The molecule has 4 nitrogen and oxygen atoms in total. The highest BCUT2D eigenvalue weighted by atomic mass is 32.1. The average Bonchev–Trinajstić information content (AvgIpc) is 2.91. The maximum absolute atomic E-state index is 11.9. The van der Waals surface area contributed by atoms with Crippen LogP contribution in [0, 0.1) is 0 Å². The topological polar surface area (TPSA) is 66.4 Å². The predicted octanol–water partition coefficient (Wildman–Crippen LogP) is 2.74. The van der Waals surface area contributed by atoms with E-state index in [4.69, 9.17) is 5.11 Å². The molecule has 2 N–H and O–H groups in total. The molecule has 0 aliphatic rings. The van der Waals surface area contributed by atoms with E-state index in [1.54, 1.807) is 23.5 Å². The molecule has 0 saturated carbocycles. The largest absolute Gasteiger partial charge is 0.478 e. The first kappa shape index (κ1) is 15.3. The van der Waals surface area contributed by atoms with Crippen LogP contribution in [-0.2, 0) is 17.6 Å². The third-order valence-corrected chi connectivity index (χ3v) is 3.96. The summed E-state index contributed by atoms with van der Waals surface area (Å²) in [6, 6.07) is 10.5. The Morgan fingerprint density at radius 1 is 1.24 bits per heavy atom. The van der Waals surface area contributed by atoms with Gasteiger partial charge in [0.05, 0.1) is 12.0 Å². The van der Waals surface area contributed by atoms with Gasteiger partial charge in [0.25, 0.3) is 0 Å². The molecule has 2 aromatic rings. The number of carboxylic acid groups (broad SMARTS) is 1. The summed E-state index contributed by atoms with van der Waals surface area (Å²) in [7, 11) is 0. The minimum Gasteiger partial charge on any atom is -0.478 e. The summed E-state index contributed by atoms with van der Waals surface area (Å²) in [5.74, 6) is -1.02. The fourth-order valence-electron chi connectivity index (χ4n) is 2.06. The molecule has 1 unspecified atom stereocenters. The fourth-order valence-corrected chi connectivity index (χ4v) is 2.89. The van der Waals surface area contributed by atoms with Crippen LogP contribution in [0.3, 0.4) is 0 Å². The molecule has 0 aliphatic carbocycles. The average molecular weight is 303 g/mol. The first-order valence-electron chi connectivity index (χ1n) is 6.68. The summed E-state index contributed by atoms with van der Waals surface area (Å²) in [6.45, 7) is 1.98. The summed E-state index contributed by atoms with van der Waals surface area (Å²) in [5, 5.41) is 13.8. The smallest absolute Gasteiger partial charge is 0.335 e. The molecule has 110 valence electrons. The molecule has 0 aliphatic heterocycles. The fraction of sp³-hybridized carbons (Fsp3) is 0.250. The zero-order valence-corrected chi connectivity index (χ0v) is 12.5. The molecule has 1 aromatic heterocycles. The second-order valence-electron chi connectivity index (χ2n) is 4.93. The number of benzene rings is 1. The molecule has 0 radical (unpaired) electrons. The van der Waals surface area contributed by atoms with E-state index in [1.807, 2.05) is 18.4 Å². The van der Waals surface area contributed by atoms with E-state index in [0.29, 0.717) is 0 Å². The molecule has 1 atom stereocenters. The Kier molecular flexibility index (Phi) is 5.11.